The molecule has 0 bridgehead atoms. The third kappa shape index (κ3) is 5.03. The predicted octanol–water partition coefficient (Wildman–Crippen LogP) is 4.77. The van der Waals surface area contributed by atoms with Gasteiger partial charge in [0, 0.05) is 5.69 Å². The average Bonchev–Trinajstić information content (AvgIpc) is 3.03. The third-order valence-corrected chi connectivity index (χ3v) is 4.81. The van der Waals surface area contributed by atoms with Crippen LogP contribution in [0.25, 0.3) is 5.69 Å². The van der Waals surface area contributed by atoms with Gasteiger partial charge in [0.2, 0.25) is 6.10 Å². The number of anilines is 1. The first-order chi connectivity index (χ1) is 14.0. The molecule has 29 heavy (non-hydrogen) atoms. The van der Waals surface area contributed by atoms with Gasteiger partial charge in [0.05, 0.1) is 23.2 Å². The summed E-state index contributed by atoms with van der Waals surface area (Å²) in [7, 11) is 0. The van der Waals surface area contributed by atoms with Gasteiger partial charge in [-0.15, -0.1) is 0 Å². The largest absolute Gasteiger partial charge is 0.383 e. The summed E-state index contributed by atoms with van der Waals surface area (Å²) in [4.78, 5) is 17.6. The van der Waals surface area contributed by atoms with Gasteiger partial charge >= 0.3 is 0 Å². The van der Waals surface area contributed by atoms with Crippen molar-refractivity contribution in [2.24, 2.45) is 5.16 Å². The van der Waals surface area contributed by atoms with E-state index in [4.69, 9.17) is 16.4 Å². The van der Waals surface area contributed by atoms with Gasteiger partial charge in [0.25, 0.3) is 5.91 Å². The van der Waals surface area contributed by atoms with Crippen molar-refractivity contribution in [3.05, 3.63) is 76.6 Å². The Hall–Kier alpha value is -3.12. The minimum absolute atomic E-state index is 0.283. The van der Waals surface area contributed by atoms with E-state index in [0.717, 1.165) is 17.8 Å². The molecule has 3 aromatic rings. The van der Waals surface area contributed by atoms with Gasteiger partial charge in [-0.2, -0.15) is 5.10 Å². The van der Waals surface area contributed by atoms with Crippen LogP contribution in [0.4, 0.5) is 5.69 Å². The Bertz CT molecular complexity index is 998. The zero-order chi connectivity index (χ0) is 20.8. The van der Waals surface area contributed by atoms with Crippen molar-refractivity contribution in [3.63, 3.8) is 0 Å². The maximum atomic E-state index is 12.3. The average molecular weight is 411 g/mol. The number of halogens is 1. The fraction of sp³-hybridized carbons (Fsp3) is 0.227. The van der Waals surface area contributed by atoms with Gasteiger partial charge in [0.15, 0.2) is 0 Å². The molecule has 1 N–H and O–H groups in total. The lowest BCUT2D eigenvalue weighted by Crippen LogP contribution is -2.26. The van der Waals surface area contributed by atoms with E-state index in [1.54, 1.807) is 11.6 Å². The van der Waals surface area contributed by atoms with Crippen molar-refractivity contribution >= 4 is 29.4 Å². The Morgan fingerprint density at radius 3 is 2.59 bits per heavy atom. The van der Waals surface area contributed by atoms with Crippen LogP contribution in [-0.2, 0) is 16.1 Å². The van der Waals surface area contributed by atoms with Gasteiger partial charge in [-0.05, 0) is 50.1 Å². The van der Waals surface area contributed by atoms with Crippen LogP contribution in [0.2, 0.25) is 5.15 Å². The first-order valence-electron chi connectivity index (χ1n) is 9.39. The van der Waals surface area contributed by atoms with Crippen LogP contribution in [0.5, 0.6) is 0 Å². The summed E-state index contributed by atoms with van der Waals surface area (Å²) in [5.41, 5.74) is 4.12. The van der Waals surface area contributed by atoms with Gasteiger partial charge in [0.1, 0.15) is 5.15 Å². The number of para-hydroxylation sites is 1. The molecular formula is C22H23ClN4O2. The molecule has 1 aromatic heterocycles. The first-order valence-corrected chi connectivity index (χ1v) is 9.77. The number of hydrogen-bond donors (Lipinski definition) is 1. The molecule has 150 valence electrons. The number of nitrogens with one attached hydrogen (secondary N) is 1. The van der Waals surface area contributed by atoms with E-state index in [9.17, 15) is 4.79 Å². The molecule has 0 aliphatic carbocycles. The maximum absolute atomic E-state index is 12.3. The summed E-state index contributed by atoms with van der Waals surface area (Å²) in [6, 6.07) is 17.3. The quantitative estimate of drug-likeness (QED) is 0.450. The summed E-state index contributed by atoms with van der Waals surface area (Å²) in [5, 5.41) is 11.6. The molecule has 0 saturated carbocycles. The van der Waals surface area contributed by atoms with Gasteiger partial charge in [-0.3, -0.25) is 4.79 Å². The van der Waals surface area contributed by atoms with Gasteiger partial charge < -0.3 is 10.2 Å². The molecular weight excluding hydrogens is 388 g/mol. The maximum Gasteiger partial charge on any atom is 0.267 e. The normalized spacial score (nSPS) is 12.1. The second kappa shape index (κ2) is 9.39. The summed E-state index contributed by atoms with van der Waals surface area (Å²) in [6.45, 7) is 5.55. The van der Waals surface area contributed by atoms with Crippen molar-refractivity contribution in [1.82, 2.24) is 9.78 Å². The molecule has 2 aromatic carbocycles. The van der Waals surface area contributed by atoms with Crippen LogP contribution in [-0.4, -0.2) is 28.0 Å². The van der Waals surface area contributed by atoms with E-state index in [1.165, 1.54) is 11.8 Å². The number of aromatic nitrogens is 2. The highest BCUT2D eigenvalue weighted by atomic mass is 35.5. The number of oxime groups is 1. The second-order valence-electron chi connectivity index (χ2n) is 6.56. The lowest BCUT2D eigenvalue weighted by atomic mass is 10.1. The van der Waals surface area contributed by atoms with Crippen molar-refractivity contribution in [2.75, 3.05) is 5.32 Å². The van der Waals surface area contributed by atoms with Crippen LogP contribution >= 0.6 is 11.6 Å². The molecule has 0 fully saturated rings. The Kier molecular flexibility index (Phi) is 6.67. The molecule has 0 unspecified atom stereocenters. The van der Waals surface area contributed by atoms with Crippen molar-refractivity contribution in [3.8, 4) is 5.69 Å². The fourth-order valence-corrected chi connectivity index (χ4v) is 3.01. The SMILES string of the molecule is CCc1ccc(NC(=O)[C@@H](C)O/N=C\c2c(C)nn(-c3ccccc3)c2Cl)cc1. The molecule has 0 saturated heterocycles. The monoisotopic (exact) mass is 410 g/mol. The topological polar surface area (TPSA) is 68.5 Å². The highest BCUT2D eigenvalue weighted by Gasteiger charge is 2.16. The Morgan fingerprint density at radius 2 is 1.93 bits per heavy atom. The fourth-order valence-electron chi connectivity index (χ4n) is 2.69. The number of nitrogens with zero attached hydrogens (tertiary/aromatic N) is 3. The van der Waals surface area contributed by atoms with Gasteiger partial charge in [-0.25, -0.2) is 4.68 Å². The molecule has 0 radical (unpaired) electrons. The minimum atomic E-state index is -0.764. The van der Waals surface area contributed by atoms with Gasteiger partial charge in [-0.1, -0.05) is 54.0 Å². The number of rotatable bonds is 7. The molecule has 1 heterocycles. The van der Waals surface area contributed by atoms with Crippen molar-refractivity contribution in [1.29, 1.82) is 0 Å². The van der Waals surface area contributed by atoms with E-state index in [2.05, 4.69) is 22.5 Å². The van der Waals surface area contributed by atoms with Crippen LogP contribution in [0.1, 0.15) is 30.7 Å². The van der Waals surface area contributed by atoms with Crippen molar-refractivity contribution < 1.29 is 9.63 Å². The highest BCUT2D eigenvalue weighted by molar-refractivity contribution is 6.32. The lowest BCUT2D eigenvalue weighted by Gasteiger charge is -2.10. The summed E-state index contributed by atoms with van der Waals surface area (Å²) >= 11 is 6.45. The number of amides is 1. The van der Waals surface area contributed by atoms with Crippen LogP contribution in [0.15, 0.2) is 59.8 Å². The Labute approximate surface area is 175 Å². The molecule has 0 aliphatic rings. The number of carbonyl (C=O) groups excluding carboxylic acids is 1. The Morgan fingerprint density at radius 1 is 1.24 bits per heavy atom. The standard InChI is InChI=1S/C22H23ClN4O2/c1-4-17-10-12-18(13-11-17)25-22(28)16(3)29-24-14-20-15(2)26-27(21(20)23)19-8-6-5-7-9-19/h5-14,16H,4H2,1-3H3,(H,25,28)/b24-14-/t16-/m1/s1. The van der Waals surface area contributed by atoms with Crippen LogP contribution in [0.3, 0.4) is 0 Å². The second-order valence-corrected chi connectivity index (χ2v) is 6.92. The van der Waals surface area contributed by atoms with E-state index >= 15 is 0 Å². The third-order valence-electron chi connectivity index (χ3n) is 4.45. The molecule has 7 heteroatoms. The Balaban J connectivity index is 1.63. The molecule has 6 nitrogen and oxygen atoms in total. The molecule has 0 spiro atoms. The van der Waals surface area contributed by atoms with Crippen molar-refractivity contribution in [2.45, 2.75) is 33.3 Å². The summed E-state index contributed by atoms with van der Waals surface area (Å²) < 4.78 is 1.63. The molecule has 1 amide bonds. The smallest absolute Gasteiger partial charge is 0.267 e. The van der Waals surface area contributed by atoms with E-state index < -0.39 is 6.10 Å². The first kappa shape index (κ1) is 20.6. The summed E-state index contributed by atoms with van der Waals surface area (Å²) in [5.74, 6) is -0.283. The van der Waals surface area contributed by atoms with E-state index in [0.29, 0.717) is 16.4 Å². The zero-order valence-corrected chi connectivity index (χ0v) is 17.3. The predicted molar refractivity (Wildman–Crippen MR) is 116 cm³/mol. The van der Waals surface area contributed by atoms with E-state index in [1.807, 2.05) is 61.5 Å². The number of carbonyl (C=O) groups is 1. The molecule has 0 aliphatic heterocycles. The number of hydrogen-bond acceptors (Lipinski definition) is 4. The van der Waals surface area contributed by atoms with Crippen LogP contribution in [0, 0.1) is 6.92 Å². The number of benzene rings is 2. The van der Waals surface area contributed by atoms with E-state index in [-0.39, 0.29) is 5.91 Å². The lowest BCUT2D eigenvalue weighted by molar-refractivity contribution is -0.126. The zero-order valence-electron chi connectivity index (χ0n) is 16.6. The molecule has 1 atom stereocenters. The highest BCUT2D eigenvalue weighted by Crippen LogP contribution is 2.22. The minimum Gasteiger partial charge on any atom is -0.383 e. The summed E-state index contributed by atoms with van der Waals surface area (Å²) in [6.07, 6.45) is 1.66. The molecule has 3 rings (SSSR count). The number of aryl methyl sites for hydroxylation is 2. The van der Waals surface area contributed by atoms with Crippen LogP contribution < -0.4 is 5.32 Å².